The first-order valence-electron chi connectivity index (χ1n) is 6.96. The van der Waals surface area contributed by atoms with Gasteiger partial charge in [0, 0.05) is 6.42 Å². The number of carbonyl (C=O) groups excluding carboxylic acids is 2. The third-order valence-corrected chi connectivity index (χ3v) is 3.76. The van der Waals surface area contributed by atoms with Gasteiger partial charge in [-0.3, -0.25) is 14.5 Å². The Morgan fingerprint density at radius 3 is 2.13 bits per heavy atom. The van der Waals surface area contributed by atoms with E-state index in [4.69, 9.17) is 0 Å². The molecule has 2 aromatic carbocycles. The molecule has 0 aromatic heterocycles. The van der Waals surface area contributed by atoms with Crippen molar-refractivity contribution in [2.45, 2.75) is 12.5 Å². The van der Waals surface area contributed by atoms with Gasteiger partial charge >= 0.3 is 5.97 Å². The number of hydrogen-bond donors (Lipinski definition) is 2. The molecule has 116 valence electrons. The number of rotatable bonds is 4. The van der Waals surface area contributed by atoms with E-state index in [0.29, 0.717) is 5.56 Å². The number of benzene rings is 2. The van der Waals surface area contributed by atoms with Gasteiger partial charge in [-0.15, -0.1) is 0 Å². The lowest BCUT2D eigenvalue weighted by Gasteiger charge is -2.22. The fraction of sp³-hybridized carbons (Fsp3) is 0.118. The van der Waals surface area contributed by atoms with Crippen LogP contribution in [0.25, 0.3) is 0 Å². The molecule has 2 amide bonds. The Kier molecular flexibility index (Phi) is 3.57. The third-order valence-electron chi connectivity index (χ3n) is 3.76. The maximum absolute atomic E-state index is 12.4. The van der Waals surface area contributed by atoms with Gasteiger partial charge in [0.2, 0.25) is 0 Å². The number of carbonyl (C=O) groups is 3. The molecule has 2 N–H and O–H groups in total. The first-order valence-corrected chi connectivity index (χ1v) is 6.96. The molecule has 23 heavy (non-hydrogen) atoms. The second kappa shape index (κ2) is 5.57. The zero-order chi connectivity index (χ0) is 16.6. The van der Waals surface area contributed by atoms with Crippen molar-refractivity contribution < 1.29 is 24.6 Å². The molecule has 0 radical (unpaired) electrons. The van der Waals surface area contributed by atoms with E-state index in [1.54, 1.807) is 24.3 Å². The summed E-state index contributed by atoms with van der Waals surface area (Å²) in [5.41, 5.74) is 0.938. The van der Waals surface area contributed by atoms with E-state index in [-0.39, 0.29) is 23.3 Å². The lowest BCUT2D eigenvalue weighted by Crippen LogP contribution is -2.46. The second-order valence-corrected chi connectivity index (χ2v) is 5.25. The van der Waals surface area contributed by atoms with E-state index in [0.717, 1.165) is 4.90 Å². The van der Waals surface area contributed by atoms with Crippen LogP contribution in [-0.2, 0) is 11.2 Å². The van der Waals surface area contributed by atoms with Crippen LogP contribution in [0.1, 0.15) is 26.3 Å². The molecule has 0 spiro atoms. The van der Waals surface area contributed by atoms with Gasteiger partial charge in [0.05, 0.1) is 11.1 Å². The van der Waals surface area contributed by atoms with Crippen molar-refractivity contribution in [1.29, 1.82) is 0 Å². The fourth-order valence-corrected chi connectivity index (χ4v) is 2.69. The van der Waals surface area contributed by atoms with Gasteiger partial charge in [-0.1, -0.05) is 24.3 Å². The summed E-state index contributed by atoms with van der Waals surface area (Å²) in [6, 6.07) is 11.0. The minimum Gasteiger partial charge on any atom is -0.508 e. The summed E-state index contributed by atoms with van der Waals surface area (Å²) in [5.74, 6) is -2.51. The zero-order valence-corrected chi connectivity index (χ0v) is 12.0. The molecule has 0 aliphatic carbocycles. The van der Waals surface area contributed by atoms with E-state index < -0.39 is 23.8 Å². The average Bonchev–Trinajstić information content (AvgIpc) is 2.77. The van der Waals surface area contributed by atoms with Crippen LogP contribution < -0.4 is 0 Å². The van der Waals surface area contributed by atoms with Crippen molar-refractivity contribution in [2.24, 2.45) is 0 Å². The molecule has 0 unspecified atom stereocenters. The number of carboxylic acids is 1. The molecule has 1 aliphatic rings. The van der Waals surface area contributed by atoms with E-state index >= 15 is 0 Å². The van der Waals surface area contributed by atoms with Crippen LogP contribution in [0.5, 0.6) is 5.75 Å². The molecule has 1 atom stereocenters. The minimum atomic E-state index is -1.33. The summed E-state index contributed by atoms with van der Waals surface area (Å²) < 4.78 is 0. The number of aliphatic carboxylic acids is 1. The summed E-state index contributed by atoms with van der Waals surface area (Å²) in [4.78, 5) is 37.2. The van der Waals surface area contributed by atoms with Gasteiger partial charge in [0.1, 0.15) is 11.8 Å². The molecule has 0 saturated heterocycles. The molecule has 6 nitrogen and oxygen atoms in total. The quantitative estimate of drug-likeness (QED) is 0.838. The van der Waals surface area contributed by atoms with Gasteiger partial charge in [-0.2, -0.15) is 0 Å². The number of carboxylic acid groups (broad SMARTS) is 1. The van der Waals surface area contributed by atoms with E-state index in [1.165, 1.54) is 24.3 Å². The van der Waals surface area contributed by atoms with Crippen molar-refractivity contribution >= 4 is 17.8 Å². The lowest BCUT2D eigenvalue weighted by atomic mass is 10.0. The highest BCUT2D eigenvalue weighted by Gasteiger charge is 2.42. The number of amides is 2. The Balaban J connectivity index is 1.95. The second-order valence-electron chi connectivity index (χ2n) is 5.25. The first kappa shape index (κ1) is 14.8. The maximum Gasteiger partial charge on any atom is 0.327 e. The smallest absolute Gasteiger partial charge is 0.327 e. The van der Waals surface area contributed by atoms with Crippen molar-refractivity contribution in [3.63, 3.8) is 0 Å². The van der Waals surface area contributed by atoms with Crippen LogP contribution >= 0.6 is 0 Å². The summed E-state index contributed by atoms with van der Waals surface area (Å²) in [6.45, 7) is 0. The van der Waals surface area contributed by atoms with Crippen LogP contribution in [0.3, 0.4) is 0 Å². The number of phenols is 1. The van der Waals surface area contributed by atoms with Crippen LogP contribution in [0.15, 0.2) is 48.5 Å². The topological polar surface area (TPSA) is 94.9 Å². The van der Waals surface area contributed by atoms with Crippen molar-refractivity contribution in [2.75, 3.05) is 0 Å². The monoisotopic (exact) mass is 311 g/mol. The number of fused-ring (bicyclic) bond motifs is 1. The molecule has 1 heterocycles. The average molecular weight is 311 g/mol. The molecule has 0 bridgehead atoms. The minimum absolute atomic E-state index is 0.00556. The van der Waals surface area contributed by atoms with E-state index in [2.05, 4.69) is 0 Å². The Hall–Kier alpha value is -3.15. The first-order chi connectivity index (χ1) is 11.0. The normalized spacial score (nSPS) is 14.7. The lowest BCUT2D eigenvalue weighted by molar-refractivity contribution is -0.141. The number of aromatic hydroxyl groups is 1. The van der Waals surface area contributed by atoms with Crippen LogP contribution in [0, 0.1) is 0 Å². The summed E-state index contributed by atoms with van der Waals surface area (Å²) >= 11 is 0. The molecule has 0 fully saturated rings. The van der Waals surface area contributed by atoms with Crippen LogP contribution in [-0.4, -0.2) is 38.9 Å². The van der Waals surface area contributed by atoms with Gasteiger partial charge < -0.3 is 10.2 Å². The molecular formula is C17H13NO5. The standard InChI is InChI=1S/C17H13NO5/c19-11-5-3-4-10(8-11)9-14(17(22)23)18-15(20)12-6-1-2-7-13(12)16(18)21/h1-8,14,19H,9H2,(H,22,23)/t14-/m0/s1. The van der Waals surface area contributed by atoms with Crippen molar-refractivity contribution in [3.8, 4) is 5.75 Å². The van der Waals surface area contributed by atoms with Gasteiger partial charge in [-0.25, -0.2) is 4.79 Å². The maximum atomic E-state index is 12.4. The van der Waals surface area contributed by atoms with Crippen LogP contribution in [0.2, 0.25) is 0 Å². The van der Waals surface area contributed by atoms with Crippen molar-refractivity contribution in [1.82, 2.24) is 4.90 Å². The third kappa shape index (κ3) is 2.55. The predicted molar refractivity (Wildman–Crippen MR) is 80.2 cm³/mol. The van der Waals surface area contributed by atoms with Gasteiger partial charge in [-0.05, 0) is 29.8 Å². The molecule has 0 saturated carbocycles. The molecule has 2 aromatic rings. The number of nitrogens with zero attached hydrogens (tertiary/aromatic N) is 1. The van der Waals surface area contributed by atoms with E-state index in [1.807, 2.05) is 0 Å². The van der Waals surface area contributed by atoms with E-state index in [9.17, 15) is 24.6 Å². The summed E-state index contributed by atoms with van der Waals surface area (Å²) in [6.07, 6.45) is -0.0742. The largest absolute Gasteiger partial charge is 0.508 e. The SMILES string of the molecule is O=C(O)[C@H](Cc1cccc(O)c1)N1C(=O)c2ccccc2C1=O. The van der Waals surface area contributed by atoms with Gasteiger partial charge in [0.25, 0.3) is 11.8 Å². The van der Waals surface area contributed by atoms with Crippen LogP contribution in [0.4, 0.5) is 0 Å². The molecule has 1 aliphatic heterocycles. The highest BCUT2D eigenvalue weighted by atomic mass is 16.4. The number of imide groups is 1. The van der Waals surface area contributed by atoms with Crippen molar-refractivity contribution in [3.05, 3.63) is 65.2 Å². The summed E-state index contributed by atoms with van der Waals surface area (Å²) in [5, 5.41) is 19.0. The Labute approximate surface area is 131 Å². The number of hydrogen-bond acceptors (Lipinski definition) is 4. The Morgan fingerprint density at radius 2 is 1.61 bits per heavy atom. The Morgan fingerprint density at radius 1 is 1.00 bits per heavy atom. The highest BCUT2D eigenvalue weighted by Crippen LogP contribution is 2.26. The van der Waals surface area contributed by atoms with Gasteiger partial charge in [0.15, 0.2) is 0 Å². The number of phenolic OH excluding ortho intramolecular Hbond substituents is 1. The molecule has 6 heteroatoms. The highest BCUT2D eigenvalue weighted by molar-refractivity contribution is 6.22. The predicted octanol–water partition coefficient (Wildman–Crippen LogP) is 1.68. The Bertz CT molecular complexity index is 779. The summed E-state index contributed by atoms with van der Waals surface area (Å²) in [7, 11) is 0. The molecular weight excluding hydrogens is 298 g/mol. The zero-order valence-electron chi connectivity index (χ0n) is 12.0. The fourth-order valence-electron chi connectivity index (χ4n) is 2.69. The molecule has 3 rings (SSSR count).